The second-order valence-corrected chi connectivity index (χ2v) is 9.34. The smallest absolute Gasteiger partial charge is 0.207 e. The van der Waals surface area contributed by atoms with Crippen LogP contribution in [0.25, 0.3) is 0 Å². The summed E-state index contributed by atoms with van der Waals surface area (Å²) in [5.41, 5.74) is 2.79. The number of aryl methyl sites for hydroxylation is 1. The number of sulfonamides is 1. The van der Waals surface area contributed by atoms with Gasteiger partial charge in [-0.05, 0) is 63.1 Å². The number of hydrogen-bond acceptors (Lipinski definition) is 3. The molecule has 3 nitrogen and oxygen atoms in total. The Morgan fingerprint density at radius 2 is 2.05 bits per heavy atom. The van der Waals surface area contributed by atoms with E-state index in [1.165, 1.54) is 15.6 Å². The van der Waals surface area contributed by atoms with Crippen molar-refractivity contribution in [2.24, 2.45) is 0 Å². The monoisotopic (exact) mass is 407 g/mol. The number of hydrogen-bond donors (Lipinski definition) is 0. The predicted molar refractivity (Wildman–Crippen MR) is 91.4 cm³/mol. The Morgan fingerprint density at radius 3 is 2.62 bits per heavy atom. The molecule has 0 spiro atoms. The second kappa shape index (κ2) is 6.79. The molecular formula is C14H15BrClNO2S2. The molecular weight excluding hydrogens is 394 g/mol. The van der Waals surface area contributed by atoms with Crippen LogP contribution in [-0.2, 0) is 22.4 Å². The van der Waals surface area contributed by atoms with Crippen molar-refractivity contribution in [1.82, 2.24) is 4.31 Å². The molecule has 1 aromatic carbocycles. The van der Waals surface area contributed by atoms with Gasteiger partial charge in [-0.2, -0.15) is 4.31 Å². The molecule has 0 N–H and O–H groups in total. The highest BCUT2D eigenvalue weighted by Gasteiger charge is 2.22. The van der Waals surface area contributed by atoms with E-state index in [1.54, 1.807) is 25.2 Å². The maximum Gasteiger partial charge on any atom is 0.243 e. The van der Waals surface area contributed by atoms with Gasteiger partial charge in [-0.3, -0.25) is 0 Å². The van der Waals surface area contributed by atoms with Crippen molar-refractivity contribution in [1.29, 1.82) is 0 Å². The zero-order chi connectivity index (χ0) is 15.6. The average molecular weight is 409 g/mol. The number of alkyl halides is 1. The van der Waals surface area contributed by atoms with E-state index in [9.17, 15) is 8.42 Å². The zero-order valence-corrected chi connectivity index (χ0v) is 15.6. The number of halogens is 2. The van der Waals surface area contributed by atoms with Crippen LogP contribution in [0.2, 0.25) is 0 Å². The first-order valence-corrected chi connectivity index (χ1v) is 9.84. The van der Waals surface area contributed by atoms with E-state index >= 15 is 0 Å². The van der Waals surface area contributed by atoms with Gasteiger partial charge in [-0.1, -0.05) is 6.07 Å². The van der Waals surface area contributed by atoms with E-state index in [0.717, 1.165) is 20.5 Å². The van der Waals surface area contributed by atoms with Crippen molar-refractivity contribution in [2.45, 2.75) is 24.2 Å². The average Bonchev–Trinajstić information content (AvgIpc) is 2.84. The lowest BCUT2D eigenvalue weighted by molar-refractivity contribution is 0.467. The van der Waals surface area contributed by atoms with Crippen molar-refractivity contribution in [3.8, 4) is 0 Å². The quantitative estimate of drug-likeness (QED) is 0.689. The molecule has 0 aliphatic rings. The van der Waals surface area contributed by atoms with E-state index in [-0.39, 0.29) is 4.90 Å². The van der Waals surface area contributed by atoms with Crippen molar-refractivity contribution >= 4 is 48.9 Å². The van der Waals surface area contributed by atoms with Gasteiger partial charge in [0.05, 0.1) is 8.68 Å². The highest BCUT2D eigenvalue weighted by Crippen LogP contribution is 2.24. The number of nitrogens with zero attached hydrogens (tertiary/aromatic N) is 1. The Bertz CT molecular complexity index is 743. The summed E-state index contributed by atoms with van der Waals surface area (Å²) < 4.78 is 27.5. The maximum absolute atomic E-state index is 12.6. The molecule has 0 radical (unpaired) electrons. The molecule has 0 fully saturated rings. The molecule has 2 rings (SSSR count). The summed E-state index contributed by atoms with van der Waals surface area (Å²) in [6.45, 7) is 2.26. The SMILES string of the molecule is Cc1ccc(S(=O)(=O)N(C)Cc2csc(Br)c2)cc1CCl. The first-order valence-electron chi connectivity index (χ1n) is 6.19. The standard InChI is InChI=1S/C14H15BrClNO2S2/c1-10-3-4-13(6-12(10)7-16)21(18,19)17(2)8-11-5-14(15)20-9-11/h3-6,9H,7-8H2,1-2H3. The Balaban J connectivity index is 2.28. The molecule has 0 amide bonds. The summed E-state index contributed by atoms with van der Waals surface area (Å²) in [6, 6.07) is 6.99. The Kier molecular flexibility index (Phi) is 5.48. The lowest BCUT2D eigenvalue weighted by atomic mass is 10.1. The Labute approximate surface area is 142 Å². The van der Waals surface area contributed by atoms with Crippen LogP contribution >= 0.6 is 38.9 Å². The van der Waals surface area contributed by atoms with Gasteiger partial charge in [0.2, 0.25) is 10.0 Å². The fourth-order valence-electron chi connectivity index (χ4n) is 1.90. The summed E-state index contributed by atoms with van der Waals surface area (Å²) in [4.78, 5) is 0.278. The lowest BCUT2D eigenvalue weighted by Crippen LogP contribution is -2.26. The first kappa shape index (κ1) is 17.0. The molecule has 21 heavy (non-hydrogen) atoms. The Hall–Kier alpha value is -0.400. The van der Waals surface area contributed by atoms with Crippen LogP contribution in [0.15, 0.2) is 38.3 Å². The van der Waals surface area contributed by atoms with Gasteiger partial charge in [-0.15, -0.1) is 22.9 Å². The predicted octanol–water partition coefficient (Wildman–Crippen LogP) is 4.38. The zero-order valence-electron chi connectivity index (χ0n) is 11.6. The summed E-state index contributed by atoms with van der Waals surface area (Å²) >= 11 is 10.8. The van der Waals surface area contributed by atoms with E-state index in [4.69, 9.17) is 11.6 Å². The van der Waals surface area contributed by atoms with Gasteiger partial charge >= 0.3 is 0 Å². The van der Waals surface area contributed by atoms with Gasteiger partial charge in [-0.25, -0.2) is 8.42 Å². The van der Waals surface area contributed by atoms with Crippen molar-refractivity contribution in [3.05, 3.63) is 50.1 Å². The molecule has 2 aromatic rings. The third kappa shape index (κ3) is 3.87. The highest BCUT2D eigenvalue weighted by molar-refractivity contribution is 9.11. The fourth-order valence-corrected chi connectivity index (χ4v) is 4.60. The molecule has 0 bridgehead atoms. The van der Waals surface area contributed by atoms with E-state index in [2.05, 4.69) is 15.9 Å². The largest absolute Gasteiger partial charge is 0.243 e. The third-order valence-electron chi connectivity index (χ3n) is 3.20. The van der Waals surface area contributed by atoms with Gasteiger partial charge < -0.3 is 0 Å². The van der Waals surface area contributed by atoms with Crippen LogP contribution < -0.4 is 0 Å². The van der Waals surface area contributed by atoms with E-state index in [0.29, 0.717) is 12.4 Å². The molecule has 1 aromatic heterocycles. The van der Waals surface area contributed by atoms with Crippen molar-refractivity contribution < 1.29 is 8.42 Å². The third-order valence-corrected chi connectivity index (χ3v) is 6.84. The molecule has 0 unspecified atom stereocenters. The number of benzene rings is 1. The fraction of sp³-hybridized carbons (Fsp3) is 0.286. The second-order valence-electron chi connectivity index (χ2n) is 4.74. The molecule has 0 aliphatic carbocycles. The molecule has 1 heterocycles. The molecule has 0 saturated heterocycles. The minimum Gasteiger partial charge on any atom is -0.207 e. The van der Waals surface area contributed by atoms with E-state index in [1.807, 2.05) is 18.4 Å². The van der Waals surface area contributed by atoms with Gasteiger partial charge in [0, 0.05) is 19.5 Å². The molecule has 0 atom stereocenters. The van der Waals surface area contributed by atoms with Crippen molar-refractivity contribution in [3.63, 3.8) is 0 Å². The van der Waals surface area contributed by atoms with Gasteiger partial charge in [0.15, 0.2) is 0 Å². The van der Waals surface area contributed by atoms with Gasteiger partial charge in [0.25, 0.3) is 0 Å². The topological polar surface area (TPSA) is 37.4 Å². The van der Waals surface area contributed by atoms with E-state index < -0.39 is 10.0 Å². The molecule has 0 saturated carbocycles. The van der Waals surface area contributed by atoms with Crippen LogP contribution in [0.1, 0.15) is 16.7 Å². The lowest BCUT2D eigenvalue weighted by Gasteiger charge is -2.17. The maximum atomic E-state index is 12.6. The van der Waals surface area contributed by atoms with Crippen LogP contribution in [0.4, 0.5) is 0 Å². The molecule has 0 aliphatic heterocycles. The van der Waals surface area contributed by atoms with Crippen molar-refractivity contribution in [2.75, 3.05) is 7.05 Å². The summed E-state index contributed by atoms with van der Waals surface area (Å²) in [6.07, 6.45) is 0. The minimum absolute atomic E-state index is 0.278. The first-order chi connectivity index (χ1) is 9.84. The van der Waals surface area contributed by atoms with Crippen LogP contribution in [-0.4, -0.2) is 19.8 Å². The summed E-state index contributed by atoms with van der Waals surface area (Å²) in [7, 11) is -1.93. The number of thiophene rings is 1. The van der Waals surface area contributed by atoms with Crippen LogP contribution in [0.3, 0.4) is 0 Å². The Morgan fingerprint density at radius 1 is 1.33 bits per heavy atom. The molecule has 114 valence electrons. The molecule has 7 heteroatoms. The van der Waals surface area contributed by atoms with Crippen LogP contribution in [0, 0.1) is 6.92 Å². The normalized spacial score (nSPS) is 12.0. The summed E-state index contributed by atoms with van der Waals surface area (Å²) in [5, 5.41) is 1.94. The van der Waals surface area contributed by atoms with Crippen LogP contribution in [0.5, 0.6) is 0 Å². The summed E-state index contributed by atoms with van der Waals surface area (Å²) in [5.74, 6) is 0.302. The highest BCUT2D eigenvalue weighted by atomic mass is 79.9. The van der Waals surface area contributed by atoms with Gasteiger partial charge in [0.1, 0.15) is 0 Å². The minimum atomic E-state index is -3.51. The number of rotatable bonds is 5.